The second-order valence-electron chi connectivity index (χ2n) is 6.41. The number of nitro benzene ring substituents is 1. The third-order valence-electron chi connectivity index (χ3n) is 4.03. The first-order valence-electron chi connectivity index (χ1n) is 8.73. The Hall–Kier alpha value is -3.39. The van der Waals surface area contributed by atoms with Gasteiger partial charge in [-0.1, -0.05) is 11.6 Å². The number of nitrogens with one attached hydrogen (secondary N) is 1. The maximum absolute atomic E-state index is 13.1. The molecule has 0 atom stereocenters. The van der Waals surface area contributed by atoms with Gasteiger partial charge in [-0.25, -0.2) is 13.8 Å². The Morgan fingerprint density at radius 2 is 1.97 bits per heavy atom. The number of ether oxygens (including phenoxy) is 1. The van der Waals surface area contributed by atoms with E-state index in [9.17, 15) is 36.5 Å². The molecular weight excluding hydrogens is 493 g/mol. The summed E-state index contributed by atoms with van der Waals surface area (Å²) >= 11 is 5.55. The largest absolute Gasteiger partial charge is 0.490 e. The van der Waals surface area contributed by atoms with E-state index in [1.807, 2.05) is 5.43 Å². The van der Waals surface area contributed by atoms with E-state index in [1.165, 1.54) is 19.2 Å². The average Bonchev–Trinajstić information content (AvgIpc) is 2.70. The fourth-order valence-electron chi connectivity index (χ4n) is 2.56. The number of methoxy groups -OCH3 is 1. The molecule has 1 amide bonds. The number of hydrogen-bond donors (Lipinski definition) is 1. The summed E-state index contributed by atoms with van der Waals surface area (Å²) in [5.74, 6) is -0.977. The van der Waals surface area contributed by atoms with Crippen LogP contribution in [0.4, 0.5) is 24.5 Å². The van der Waals surface area contributed by atoms with Crippen LogP contribution in [0.3, 0.4) is 0 Å². The summed E-state index contributed by atoms with van der Waals surface area (Å²) in [6, 6.07) is 6.25. The highest BCUT2D eigenvalue weighted by molar-refractivity contribution is 7.92. The predicted octanol–water partition coefficient (Wildman–Crippen LogP) is 3.19. The molecule has 0 saturated heterocycles. The summed E-state index contributed by atoms with van der Waals surface area (Å²) in [5, 5.41) is 14.0. The van der Waals surface area contributed by atoms with Gasteiger partial charge in [-0.05, 0) is 30.3 Å². The second kappa shape index (κ2) is 10.0. The Bertz CT molecular complexity index is 1200. The van der Waals surface area contributed by atoms with Crippen LogP contribution in [0, 0.1) is 10.1 Å². The van der Waals surface area contributed by atoms with Gasteiger partial charge in [-0.3, -0.25) is 19.2 Å². The Morgan fingerprint density at radius 1 is 1.30 bits per heavy atom. The Kier molecular flexibility index (Phi) is 7.87. The highest BCUT2D eigenvalue weighted by Gasteiger charge is 2.34. The van der Waals surface area contributed by atoms with Crippen molar-refractivity contribution in [1.29, 1.82) is 0 Å². The number of nitrogens with zero attached hydrogens (tertiary/aromatic N) is 3. The molecule has 0 heterocycles. The van der Waals surface area contributed by atoms with Crippen molar-refractivity contribution in [3.8, 4) is 5.75 Å². The Labute approximate surface area is 190 Å². The molecule has 0 aliphatic heterocycles. The second-order valence-corrected chi connectivity index (χ2v) is 8.73. The standard InChI is InChI=1S/C18H16ClF3N4O6S/c1-32-16-6-3-11(7-15(16)26(28)29)9-23-24-17(27)10-25(33(2,30)31)12-4-5-14(19)13(8-12)18(20,21)22/h3-9H,10H2,1-2H3,(H,24,27)/b23-9-. The maximum atomic E-state index is 13.1. The van der Waals surface area contributed by atoms with Crippen molar-refractivity contribution in [2.24, 2.45) is 5.10 Å². The molecule has 0 saturated carbocycles. The first kappa shape index (κ1) is 25.9. The van der Waals surface area contributed by atoms with Gasteiger partial charge in [0.1, 0.15) is 6.54 Å². The van der Waals surface area contributed by atoms with Crippen molar-refractivity contribution in [3.05, 3.63) is 62.7 Å². The fourth-order valence-corrected chi connectivity index (χ4v) is 3.63. The summed E-state index contributed by atoms with van der Waals surface area (Å²) in [6.45, 7) is -0.891. The van der Waals surface area contributed by atoms with E-state index >= 15 is 0 Å². The molecular formula is C18H16ClF3N4O6S. The van der Waals surface area contributed by atoms with E-state index in [0.717, 1.165) is 24.4 Å². The number of rotatable bonds is 8. The van der Waals surface area contributed by atoms with Crippen molar-refractivity contribution >= 4 is 45.1 Å². The van der Waals surface area contributed by atoms with Gasteiger partial charge in [0.15, 0.2) is 5.75 Å². The molecule has 0 aliphatic rings. The zero-order valence-electron chi connectivity index (χ0n) is 17.0. The van der Waals surface area contributed by atoms with Gasteiger partial charge in [-0.15, -0.1) is 0 Å². The quantitative estimate of drug-likeness (QED) is 0.331. The van der Waals surface area contributed by atoms with Crippen LogP contribution in [0.5, 0.6) is 5.75 Å². The lowest BCUT2D eigenvalue weighted by atomic mass is 10.2. The molecule has 178 valence electrons. The molecule has 33 heavy (non-hydrogen) atoms. The number of hydrogen-bond acceptors (Lipinski definition) is 7. The van der Waals surface area contributed by atoms with Crippen LogP contribution in [0.2, 0.25) is 5.02 Å². The number of sulfonamides is 1. The third kappa shape index (κ3) is 6.79. The minimum atomic E-state index is -4.84. The van der Waals surface area contributed by atoms with Crippen LogP contribution >= 0.6 is 11.6 Å². The molecule has 0 radical (unpaired) electrons. The highest BCUT2D eigenvalue weighted by atomic mass is 35.5. The number of anilines is 1. The van der Waals surface area contributed by atoms with Crippen LogP contribution in [0.1, 0.15) is 11.1 Å². The van der Waals surface area contributed by atoms with Crippen LogP contribution in [-0.4, -0.2) is 45.4 Å². The van der Waals surface area contributed by atoms with Gasteiger partial charge >= 0.3 is 11.9 Å². The molecule has 0 unspecified atom stereocenters. The van der Waals surface area contributed by atoms with Gasteiger partial charge < -0.3 is 4.74 Å². The van der Waals surface area contributed by atoms with E-state index < -0.39 is 49.8 Å². The van der Waals surface area contributed by atoms with E-state index in [1.54, 1.807) is 0 Å². The summed E-state index contributed by atoms with van der Waals surface area (Å²) in [7, 11) is -2.91. The molecule has 1 N–H and O–H groups in total. The van der Waals surface area contributed by atoms with Crippen LogP contribution in [-0.2, 0) is 21.0 Å². The van der Waals surface area contributed by atoms with Crippen molar-refractivity contribution in [1.82, 2.24) is 5.43 Å². The average molecular weight is 509 g/mol. The van der Waals surface area contributed by atoms with Gasteiger partial charge in [0.05, 0.1) is 40.8 Å². The minimum Gasteiger partial charge on any atom is -0.490 e. The van der Waals surface area contributed by atoms with Crippen LogP contribution in [0.15, 0.2) is 41.5 Å². The predicted molar refractivity (Wildman–Crippen MR) is 114 cm³/mol. The van der Waals surface area contributed by atoms with Gasteiger partial charge in [-0.2, -0.15) is 18.3 Å². The molecule has 2 rings (SSSR count). The lowest BCUT2D eigenvalue weighted by Crippen LogP contribution is -2.39. The van der Waals surface area contributed by atoms with Crippen molar-refractivity contribution in [3.63, 3.8) is 0 Å². The van der Waals surface area contributed by atoms with E-state index in [-0.39, 0.29) is 17.0 Å². The lowest BCUT2D eigenvalue weighted by molar-refractivity contribution is -0.385. The molecule has 0 aromatic heterocycles. The van der Waals surface area contributed by atoms with E-state index in [4.69, 9.17) is 16.3 Å². The van der Waals surface area contributed by atoms with Gasteiger partial charge in [0.2, 0.25) is 10.0 Å². The third-order valence-corrected chi connectivity index (χ3v) is 5.50. The number of halogens is 4. The minimum absolute atomic E-state index is 0.00571. The smallest absolute Gasteiger partial charge is 0.417 e. The molecule has 0 bridgehead atoms. The SMILES string of the molecule is COc1ccc(/C=N\NC(=O)CN(c2ccc(Cl)c(C(F)(F)F)c2)S(C)(=O)=O)cc1[N+](=O)[O-]. The number of hydrazone groups is 1. The number of amides is 1. The van der Waals surface area contributed by atoms with E-state index in [2.05, 4.69) is 5.10 Å². The Morgan fingerprint density at radius 3 is 2.52 bits per heavy atom. The molecule has 2 aromatic rings. The molecule has 0 aliphatic carbocycles. The van der Waals surface area contributed by atoms with Crippen molar-refractivity contribution in [2.45, 2.75) is 6.18 Å². The molecule has 2 aromatic carbocycles. The molecule has 15 heteroatoms. The topological polar surface area (TPSA) is 131 Å². The van der Waals surface area contributed by atoms with Crippen LogP contribution < -0.4 is 14.5 Å². The fraction of sp³-hybridized carbons (Fsp3) is 0.222. The number of carbonyl (C=O) groups excluding carboxylic acids is 1. The van der Waals surface area contributed by atoms with Crippen molar-refractivity contribution in [2.75, 3.05) is 24.2 Å². The summed E-state index contributed by atoms with van der Waals surface area (Å²) in [5.41, 5.74) is 0.182. The summed E-state index contributed by atoms with van der Waals surface area (Å²) < 4.78 is 68.8. The Balaban J connectivity index is 2.21. The van der Waals surface area contributed by atoms with Gasteiger partial charge in [0.25, 0.3) is 5.91 Å². The number of benzene rings is 2. The van der Waals surface area contributed by atoms with Crippen LogP contribution in [0.25, 0.3) is 0 Å². The number of nitro groups is 1. The summed E-state index contributed by atoms with van der Waals surface area (Å²) in [4.78, 5) is 22.5. The highest BCUT2D eigenvalue weighted by Crippen LogP contribution is 2.37. The number of carbonyl (C=O) groups is 1. The molecule has 0 fully saturated rings. The monoisotopic (exact) mass is 508 g/mol. The summed E-state index contributed by atoms with van der Waals surface area (Å²) in [6.07, 6.45) is -3.08. The first-order valence-corrected chi connectivity index (χ1v) is 11.0. The zero-order chi connectivity index (χ0) is 25.0. The normalized spacial score (nSPS) is 11.9. The molecule has 10 nitrogen and oxygen atoms in total. The van der Waals surface area contributed by atoms with Crippen molar-refractivity contribution < 1.29 is 36.0 Å². The molecule has 0 spiro atoms. The lowest BCUT2D eigenvalue weighted by Gasteiger charge is -2.22. The van der Waals surface area contributed by atoms with Gasteiger partial charge in [0, 0.05) is 11.6 Å². The first-order chi connectivity index (χ1) is 15.2. The number of alkyl halides is 3. The van der Waals surface area contributed by atoms with E-state index in [0.29, 0.717) is 16.6 Å². The zero-order valence-corrected chi connectivity index (χ0v) is 18.5. The maximum Gasteiger partial charge on any atom is 0.417 e.